The molecule has 0 aliphatic carbocycles. The van der Waals surface area contributed by atoms with Gasteiger partial charge in [0.05, 0.1) is 12.2 Å². The smallest absolute Gasteiger partial charge is 0.125 e. The van der Waals surface area contributed by atoms with Crippen LogP contribution in [0, 0.1) is 13.8 Å². The number of halogens is 1. The SMILES string of the molecule is CNCC1CCC(COc2c(C)cc(Cl)cc2C)O1. The van der Waals surface area contributed by atoms with Gasteiger partial charge >= 0.3 is 0 Å². The predicted octanol–water partition coefficient (Wildman–Crippen LogP) is 3.10. The third-order valence-corrected chi connectivity index (χ3v) is 3.68. The minimum atomic E-state index is 0.202. The fraction of sp³-hybridized carbons (Fsp3) is 0.600. The van der Waals surface area contributed by atoms with Crippen LogP contribution >= 0.6 is 11.6 Å². The maximum atomic E-state index is 6.02. The number of hydrogen-bond donors (Lipinski definition) is 1. The molecule has 0 bridgehead atoms. The van der Waals surface area contributed by atoms with E-state index in [0.29, 0.717) is 12.7 Å². The minimum Gasteiger partial charge on any atom is -0.490 e. The largest absolute Gasteiger partial charge is 0.490 e. The Morgan fingerprint density at radius 1 is 1.26 bits per heavy atom. The van der Waals surface area contributed by atoms with Gasteiger partial charge in [0.1, 0.15) is 12.4 Å². The quantitative estimate of drug-likeness (QED) is 0.901. The van der Waals surface area contributed by atoms with Gasteiger partial charge in [0.15, 0.2) is 0 Å². The maximum Gasteiger partial charge on any atom is 0.125 e. The molecule has 2 rings (SSSR count). The third kappa shape index (κ3) is 3.85. The van der Waals surface area contributed by atoms with Crippen molar-refractivity contribution in [2.45, 2.75) is 38.9 Å². The molecule has 0 spiro atoms. The van der Waals surface area contributed by atoms with E-state index in [-0.39, 0.29) is 6.10 Å². The van der Waals surface area contributed by atoms with E-state index in [1.54, 1.807) is 0 Å². The molecule has 1 aliphatic rings. The highest BCUT2D eigenvalue weighted by molar-refractivity contribution is 6.30. The number of rotatable bonds is 5. The monoisotopic (exact) mass is 283 g/mol. The Labute approximate surface area is 120 Å². The second-order valence-corrected chi connectivity index (χ2v) is 5.63. The van der Waals surface area contributed by atoms with Crippen LogP contribution in [0.25, 0.3) is 0 Å². The van der Waals surface area contributed by atoms with Crippen LogP contribution in [0.4, 0.5) is 0 Å². The highest BCUT2D eigenvalue weighted by atomic mass is 35.5. The van der Waals surface area contributed by atoms with Crippen molar-refractivity contribution in [3.8, 4) is 5.75 Å². The average molecular weight is 284 g/mol. The van der Waals surface area contributed by atoms with Crippen molar-refractivity contribution in [1.82, 2.24) is 5.32 Å². The Balaban J connectivity index is 1.90. The van der Waals surface area contributed by atoms with Gasteiger partial charge in [-0.1, -0.05) is 11.6 Å². The summed E-state index contributed by atoms with van der Waals surface area (Å²) in [5, 5.41) is 3.91. The zero-order chi connectivity index (χ0) is 13.8. The summed E-state index contributed by atoms with van der Waals surface area (Å²) >= 11 is 6.02. The van der Waals surface area contributed by atoms with Crippen molar-refractivity contribution in [1.29, 1.82) is 0 Å². The first-order valence-corrected chi connectivity index (χ1v) is 7.17. The summed E-state index contributed by atoms with van der Waals surface area (Å²) in [5.74, 6) is 0.935. The van der Waals surface area contributed by atoms with Crippen molar-refractivity contribution < 1.29 is 9.47 Å². The van der Waals surface area contributed by atoms with Gasteiger partial charge in [-0.05, 0) is 57.0 Å². The number of aryl methyl sites for hydroxylation is 2. The summed E-state index contributed by atoms with van der Waals surface area (Å²) in [4.78, 5) is 0. The average Bonchev–Trinajstić information content (AvgIpc) is 2.76. The maximum absolute atomic E-state index is 6.02. The molecule has 0 amide bonds. The van der Waals surface area contributed by atoms with E-state index in [4.69, 9.17) is 21.1 Å². The van der Waals surface area contributed by atoms with E-state index in [9.17, 15) is 0 Å². The molecule has 2 atom stereocenters. The standard InChI is InChI=1S/C15H22ClNO2/c1-10-6-12(16)7-11(2)15(10)18-9-14-5-4-13(19-14)8-17-3/h6-7,13-14,17H,4-5,8-9H2,1-3H3. The molecule has 19 heavy (non-hydrogen) atoms. The lowest BCUT2D eigenvalue weighted by Gasteiger charge is -2.17. The molecule has 3 nitrogen and oxygen atoms in total. The van der Waals surface area contributed by atoms with Gasteiger partial charge in [-0.15, -0.1) is 0 Å². The van der Waals surface area contributed by atoms with Gasteiger partial charge in [0.2, 0.25) is 0 Å². The van der Waals surface area contributed by atoms with Gasteiger partial charge in [-0.25, -0.2) is 0 Å². The molecule has 0 saturated carbocycles. The second-order valence-electron chi connectivity index (χ2n) is 5.19. The number of likely N-dealkylation sites (N-methyl/N-ethyl adjacent to an activating group) is 1. The van der Waals surface area contributed by atoms with Crippen molar-refractivity contribution in [3.63, 3.8) is 0 Å². The highest BCUT2D eigenvalue weighted by Crippen LogP contribution is 2.28. The van der Waals surface area contributed by atoms with Crippen LogP contribution in [0.1, 0.15) is 24.0 Å². The summed E-state index contributed by atoms with van der Waals surface area (Å²) in [7, 11) is 1.95. The lowest BCUT2D eigenvalue weighted by atomic mass is 10.1. The zero-order valence-corrected chi connectivity index (χ0v) is 12.6. The van der Waals surface area contributed by atoms with E-state index in [2.05, 4.69) is 5.32 Å². The van der Waals surface area contributed by atoms with Crippen LogP contribution in [0.15, 0.2) is 12.1 Å². The minimum absolute atomic E-state index is 0.202. The van der Waals surface area contributed by atoms with Gasteiger partial charge in [-0.3, -0.25) is 0 Å². The molecule has 106 valence electrons. The lowest BCUT2D eigenvalue weighted by Crippen LogP contribution is -2.26. The molecule has 1 fully saturated rings. The molecule has 1 aliphatic heterocycles. The molecule has 1 aromatic rings. The molecule has 0 aromatic heterocycles. The summed E-state index contributed by atoms with van der Waals surface area (Å²) in [6.45, 7) is 5.57. The fourth-order valence-corrected chi connectivity index (χ4v) is 2.91. The van der Waals surface area contributed by atoms with Crippen LogP contribution in [0.2, 0.25) is 5.02 Å². The molecule has 1 aromatic carbocycles. The highest BCUT2D eigenvalue weighted by Gasteiger charge is 2.25. The van der Waals surface area contributed by atoms with Crippen molar-refractivity contribution in [3.05, 3.63) is 28.3 Å². The number of nitrogens with one attached hydrogen (secondary N) is 1. The first-order valence-electron chi connectivity index (χ1n) is 6.79. The van der Waals surface area contributed by atoms with Crippen LogP contribution in [-0.4, -0.2) is 32.4 Å². The molecule has 0 radical (unpaired) electrons. The Bertz CT molecular complexity index is 413. The van der Waals surface area contributed by atoms with E-state index in [1.165, 1.54) is 0 Å². The lowest BCUT2D eigenvalue weighted by molar-refractivity contribution is 0.0191. The third-order valence-electron chi connectivity index (χ3n) is 3.47. The zero-order valence-electron chi connectivity index (χ0n) is 11.8. The van der Waals surface area contributed by atoms with E-state index >= 15 is 0 Å². The van der Waals surface area contributed by atoms with Gasteiger partial charge in [-0.2, -0.15) is 0 Å². The number of ether oxygens (including phenoxy) is 2. The second kappa shape index (κ2) is 6.60. The fourth-order valence-electron chi connectivity index (χ4n) is 2.58. The Hall–Kier alpha value is -0.770. The molecular formula is C15H22ClNO2. The summed E-state index contributed by atoms with van der Waals surface area (Å²) in [6, 6.07) is 3.87. The Kier molecular flexibility index (Phi) is 5.08. The van der Waals surface area contributed by atoms with Gasteiger partial charge < -0.3 is 14.8 Å². The number of benzene rings is 1. The Morgan fingerprint density at radius 3 is 2.53 bits per heavy atom. The molecular weight excluding hydrogens is 262 g/mol. The number of hydrogen-bond acceptors (Lipinski definition) is 3. The van der Waals surface area contributed by atoms with Crippen molar-refractivity contribution in [2.75, 3.05) is 20.2 Å². The topological polar surface area (TPSA) is 30.5 Å². The van der Waals surface area contributed by atoms with E-state index in [0.717, 1.165) is 41.3 Å². The first-order chi connectivity index (χ1) is 9.10. The molecule has 1 heterocycles. The van der Waals surface area contributed by atoms with Crippen LogP contribution < -0.4 is 10.1 Å². The summed E-state index contributed by atoms with van der Waals surface area (Å²) < 4.78 is 11.8. The van der Waals surface area contributed by atoms with Crippen LogP contribution in [0.5, 0.6) is 5.75 Å². The molecule has 2 unspecified atom stereocenters. The molecule has 4 heteroatoms. The van der Waals surface area contributed by atoms with Crippen LogP contribution in [-0.2, 0) is 4.74 Å². The summed E-state index contributed by atoms with van der Waals surface area (Å²) in [5.41, 5.74) is 2.16. The first kappa shape index (κ1) is 14.6. The Morgan fingerprint density at radius 2 is 1.89 bits per heavy atom. The van der Waals surface area contributed by atoms with Crippen molar-refractivity contribution in [2.24, 2.45) is 0 Å². The molecule has 1 saturated heterocycles. The van der Waals surface area contributed by atoms with E-state index in [1.807, 2.05) is 33.0 Å². The van der Waals surface area contributed by atoms with Crippen LogP contribution in [0.3, 0.4) is 0 Å². The van der Waals surface area contributed by atoms with Gasteiger partial charge in [0.25, 0.3) is 0 Å². The predicted molar refractivity (Wildman–Crippen MR) is 78.2 cm³/mol. The van der Waals surface area contributed by atoms with E-state index < -0.39 is 0 Å². The van der Waals surface area contributed by atoms with Gasteiger partial charge in [0, 0.05) is 11.6 Å². The normalized spacial score (nSPS) is 22.7. The summed E-state index contributed by atoms with van der Waals surface area (Å²) in [6.07, 6.45) is 2.70. The molecule has 1 N–H and O–H groups in total. The van der Waals surface area contributed by atoms with Crippen molar-refractivity contribution >= 4 is 11.6 Å².